The van der Waals surface area contributed by atoms with Crippen LogP contribution in [0.15, 0.2) is 48.5 Å². The normalized spacial score (nSPS) is 14.7. The van der Waals surface area contributed by atoms with Crippen molar-refractivity contribution >= 4 is 16.0 Å². The van der Waals surface area contributed by atoms with E-state index in [2.05, 4.69) is 0 Å². The number of hydrogen-bond donors (Lipinski definition) is 0. The fraction of sp³-hybridized carbons (Fsp3) is 0.316. The van der Waals surface area contributed by atoms with E-state index in [-0.39, 0.29) is 5.78 Å². The minimum atomic E-state index is -3.57. The Morgan fingerprint density at radius 1 is 1.08 bits per heavy atom. The van der Waals surface area contributed by atoms with Crippen molar-refractivity contribution in [3.63, 3.8) is 0 Å². The van der Waals surface area contributed by atoms with Gasteiger partial charge in [-0.3, -0.25) is 4.79 Å². The van der Waals surface area contributed by atoms with Gasteiger partial charge in [-0.25, -0.2) is 0 Å². The fourth-order valence-electron chi connectivity index (χ4n) is 3.05. The lowest BCUT2D eigenvalue weighted by molar-refractivity contribution is 0.101. The van der Waals surface area contributed by atoms with Crippen LogP contribution in [0.2, 0.25) is 0 Å². The van der Waals surface area contributed by atoms with E-state index in [4.69, 9.17) is 0 Å². The maximum absolute atomic E-state index is 13.0. The Hall–Kier alpha value is -2.02. The Morgan fingerprint density at radius 3 is 2.40 bits per heavy atom. The number of fused-ring (bicyclic) bond motifs is 1. The highest BCUT2D eigenvalue weighted by Gasteiger charge is 2.33. The van der Waals surface area contributed by atoms with Crippen LogP contribution in [0.3, 0.4) is 0 Å². The Morgan fingerprint density at radius 2 is 1.76 bits per heavy atom. The molecule has 1 aliphatic heterocycles. The van der Waals surface area contributed by atoms with Crippen molar-refractivity contribution < 1.29 is 13.2 Å². The molecule has 1 aliphatic rings. The molecule has 6 heteroatoms. The molecule has 0 atom stereocenters. The minimum absolute atomic E-state index is 0.0108. The van der Waals surface area contributed by atoms with Gasteiger partial charge in [-0.05, 0) is 29.7 Å². The maximum Gasteiger partial charge on any atom is 0.282 e. The average molecular weight is 358 g/mol. The highest BCUT2D eigenvalue weighted by atomic mass is 32.2. The number of Topliss-reactive ketones (excluding diaryl/α,β-unsaturated/α-hetero) is 1. The topological polar surface area (TPSA) is 57.7 Å². The minimum Gasteiger partial charge on any atom is -0.295 e. The molecule has 132 valence electrons. The van der Waals surface area contributed by atoms with E-state index in [0.29, 0.717) is 31.7 Å². The number of ketones is 1. The Kier molecular flexibility index (Phi) is 5.03. The molecule has 2 aromatic carbocycles. The second-order valence-electron chi connectivity index (χ2n) is 6.23. The first kappa shape index (κ1) is 17.8. The zero-order chi connectivity index (χ0) is 18.0. The summed E-state index contributed by atoms with van der Waals surface area (Å²) in [5.41, 5.74) is 3.45. The summed E-state index contributed by atoms with van der Waals surface area (Å²) in [4.78, 5) is 11.5. The number of nitrogens with zero attached hydrogens (tertiary/aromatic N) is 2. The van der Waals surface area contributed by atoms with Crippen LogP contribution in [0.4, 0.5) is 0 Å². The van der Waals surface area contributed by atoms with Crippen LogP contribution in [-0.2, 0) is 29.8 Å². The van der Waals surface area contributed by atoms with Crippen molar-refractivity contribution in [1.29, 1.82) is 0 Å². The number of carbonyl (C=O) groups excluding carboxylic acids is 1. The predicted molar refractivity (Wildman–Crippen MR) is 97.1 cm³/mol. The smallest absolute Gasteiger partial charge is 0.282 e. The van der Waals surface area contributed by atoms with Crippen molar-refractivity contribution in [3.05, 3.63) is 70.8 Å². The molecule has 0 aliphatic carbocycles. The summed E-state index contributed by atoms with van der Waals surface area (Å²) in [5, 5.41) is 0. The third-order valence-electron chi connectivity index (χ3n) is 4.51. The van der Waals surface area contributed by atoms with Crippen molar-refractivity contribution in [2.45, 2.75) is 33.5 Å². The van der Waals surface area contributed by atoms with Gasteiger partial charge in [-0.1, -0.05) is 49.4 Å². The van der Waals surface area contributed by atoms with Crippen LogP contribution in [0.1, 0.15) is 40.9 Å². The Bertz CT molecular complexity index is 879. The van der Waals surface area contributed by atoms with Crippen LogP contribution in [0.25, 0.3) is 0 Å². The molecule has 0 bridgehead atoms. The van der Waals surface area contributed by atoms with Gasteiger partial charge in [0.2, 0.25) is 0 Å². The SMILES string of the molecule is CCN(Cc1ccccc1)S(=O)(=O)N1Cc2ccc(C(C)=O)cc2C1. The quantitative estimate of drug-likeness (QED) is 0.746. The van der Waals surface area contributed by atoms with Gasteiger partial charge in [0.15, 0.2) is 5.78 Å². The zero-order valence-electron chi connectivity index (χ0n) is 14.5. The van der Waals surface area contributed by atoms with Gasteiger partial charge >= 0.3 is 0 Å². The molecule has 0 radical (unpaired) electrons. The van der Waals surface area contributed by atoms with Gasteiger partial charge in [0.25, 0.3) is 10.2 Å². The second-order valence-corrected chi connectivity index (χ2v) is 8.16. The van der Waals surface area contributed by atoms with Crippen molar-refractivity contribution in [1.82, 2.24) is 8.61 Å². The summed E-state index contributed by atoms with van der Waals surface area (Å²) in [7, 11) is -3.57. The van der Waals surface area contributed by atoms with E-state index in [1.165, 1.54) is 15.5 Å². The largest absolute Gasteiger partial charge is 0.295 e. The standard InChI is InChI=1S/C19H22N2O3S/c1-3-20(12-16-7-5-4-6-8-16)25(23,24)21-13-18-10-9-17(15(2)22)11-19(18)14-21/h4-11H,3,12-14H2,1-2H3. The average Bonchev–Trinajstić information content (AvgIpc) is 3.04. The van der Waals surface area contributed by atoms with Gasteiger partial charge in [0.05, 0.1) is 0 Å². The summed E-state index contributed by atoms with van der Waals surface area (Å²) in [6, 6.07) is 15.0. The van der Waals surface area contributed by atoms with E-state index in [1.54, 1.807) is 12.1 Å². The molecular weight excluding hydrogens is 336 g/mol. The number of rotatable bonds is 6. The summed E-state index contributed by atoms with van der Waals surface area (Å²) < 4.78 is 29.0. The third-order valence-corrected chi connectivity index (χ3v) is 6.46. The summed E-state index contributed by atoms with van der Waals surface area (Å²) in [6.45, 7) is 4.78. The molecular formula is C19H22N2O3S. The zero-order valence-corrected chi connectivity index (χ0v) is 15.3. The second kappa shape index (κ2) is 7.07. The lowest BCUT2D eigenvalue weighted by atomic mass is 10.0. The monoisotopic (exact) mass is 358 g/mol. The van der Waals surface area contributed by atoms with E-state index < -0.39 is 10.2 Å². The number of benzene rings is 2. The van der Waals surface area contributed by atoms with Crippen molar-refractivity contribution in [3.8, 4) is 0 Å². The first-order chi connectivity index (χ1) is 11.9. The molecule has 0 fully saturated rings. The van der Waals surface area contributed by atoms with E-state index in [9.17, 15) is 13.2 Å². The van der Waals surface area contributed by atoms with Gasteiger partial charge < -0.3 is 0 Å². The van der Waals surface area contributed by atoms with Gasteiger partial charge in [0, 0.05) is 31.7 Å². The molecule has 5 nitrogen and oxygen atoms in total. The highest BCUT2D eigenvalue weighted by molar-refractivity contribution is 7.86. The van der Waals surface area contributed by atoms with Crippen LogP contribution in [0, 0.1) is 0 Å². The van der Waals surface area contributed by atoms with Crippen molar-refractivity contribution in [2.75, 3.05) is 6.54 Å². The van der Waals surface area contributed by atoms with E-state index >= 15 is 0 Å². The van der Waals surface area contributed by atoms with Gasteiger partial charge in [0.1, 0.15) is 0 Å². The summed E-state index contributed by atoms with van der Waals surface area (Å²) >= 11 is 0. The molecule has 0 N–H and O–H groups in total. The molecule has 3 rings (SSSR count). The Balaban J connectivity index is 1.81. The third kappa shape index (κ3) is 3.66. The molecule has 0 saturated heterocycles. The first-order valence-corrected chi connectivity index (χ1v) is 9.73. The lowest BCUT2D eigenvalue weighted by Crippen LogP contribution is -2.40. The lowest BCUT2D eigenvalue weighted by Gasteiger charge is -2.26. The molecule has 0 saturated carbocycles. The molecule has 25 heavy (non-hydrogen) atoms. The fourth-order valence-corrected chi connectivity index (χ4v) is 4.62. The maximum atomic E-state index is 13.0. The molecule has 0 unspecified atom stereocenters. The van der Waals surface area contributed by atoms with Gasteiger partial charge in [-0.2, -0.15) is 17.0 Å². The number of hydrogen-bond acceptors (Lipinski definition) is 3. The van der Waals surface area contributed by atoms with Crippen LogP contribution < -0.4 is 0 Å². The van der Waals surface area contributed by atoms with Crippen LogP contribution in [-0.4, -0.2) is 29.4 Å². The van der Waals surface area contributed by atoms with Gasteiger partial charge in [-0.15, -0.1) is 0 Å². The number of carbonyl (C=O) groups is 1. The molecule has 2 aromatic rings. The summed E-state index contributed by atoms with van der Waals surface area (Å²) in [6.07, 6.45) is 0. The predicted octanol–water partition coefficient (Wildman–Crippen LogP) is 2.97. The molecule has 1 heterocycles. The highest BCUT2D eigenvalue weighted by Crippen LogP contribution is 2.28. The first-order valence-electron chi connectivity index (χ1n) is 8.33. The molecule has 0 spiro atoms. The van der Waals surface area contributed by atoms with Crippen LogP contribution >= 0.6 is 0 Å². The molecule has 0 amide bonds. The van der Waals surface area contributed by atoms with E-state index in [0.717, 1.165) is 16.7 Å². The van der Waals surface area contributed by atoms with Crippen LogP contribution in [0.5, 0.6) is 0 Å². The Labute approximate surface area is 149 Å². The summed E-state index contributed by atoms with van der Waals surface area (Å²) in [5.74, 6) is -0.0108. The van der Waals surface area contributed by atoms with E-state index in [1.807, 2.05) is 43.3 Å². The molecule has 0 aromatic heterocycles. The van der Waals surface area contributed by atoms with Crippen molar-refractivity contribution in [2.24, 2.45) is 0 Å².